The van der Waals surface area contributed by atoms with E-state index in [9.17, 15) is 4.79 Å². The zero-order valence-electron chi connectivity index (χ0n) is 16.2. The van der Waals surface area contributed by atoms with Crippen LogP contribution in [0.5, 0.6) is 0 Å². The fourth-order valence-corrected chi connectivity index (χ4v) is 3.12. The van der Waals surface area contributed by atoms with Crippen molar-refractivity contribution in [2.24, 2.45) is 0 Å². The summed E-state index contributed by atoms with van der Waals surface area (Å²) >= 11 is 0. The Kier molecular flexibility index (Phi) is 4.69. The molecule has 28 heavy (non-hydrogen) atoms. The molecular weight excluding hydrogens is 352 g/mol. The third-order valence-corrected chi connectivity index (χ3v) is 4.79. The predicted octanol–water partition coefficient (Wildman–Crippen LogP) is 4.15. The highest BCUT2D eigenvalue weighted by Crippen LogP contribution is 2.23. The number of nitrogens with one attached hydrogen (secondary N) is 1. The number of aromatic nitrogens is 3. The van der Waals surface area contributed by atoms with Crippen molar-refractivity contribution in [2.75, 3.05) is 13.6 Å². The molecule has 0 aliphatic heterocycles. The van der Waals surface area contributed by atoms with Crippen LogP contribution < -0.4 is 0 Å². The Bertz CT molecular complexity index is 1130. The smallest absolute Gasteiger partial charge is 0.274 e. The maximum Gasteiger partial charge on any atom is 0.274 e. The lowest BCUT2D eigenvalue weighted by atomic mass is 10.1. The van der Waals surface area contributed by atoms with Gasteiger partial charge in [0.05, 0.1) is 0 Å². The van der Waals surface area contributed by atoms with E-state index in [1.165, 1.54) is 5.56 Å². The molecule has 0 saturated heterocycles. The van der Waals surface area contributed by atoms with Crippen LogP contribution in [0.25, 0.3) is 22.5 Å². The van der Waals surface area contributed by atoms with E-state index in [1.807, 2.05) is 43.3 Å². The standard InChI is InChI=1S/C22H22N4O2/c1-14-4-7-16(8-5-14)22(27)26(3)11-10-20-24-21(28-25-20)19-13-17-12-15(2)6-9-18(17)23-19/h4-9,12-13,23H,10-11H2,1-3H3. The summed E-state index contributed by atoms with van der Waals surface area (Å²) in [4.78, 5) is 21.9. The number of carbonyl (C=O) groups is 1. The Hall–Kier alpha value is -3.41. The molecular formula is C22H22N4O2. The normalized spacial score (nSPS) is 11.1. The number of rotatable bonds is 5. The number of benzene rings is 2. The maximum atomic E-state index is 12.5. The summed E-state index contributed by atoms with van der Waals surface area (Å²) in [6.07, 6.45) is 0.525. The Morgan fingerprint density at radius 3 is 2.61 bits per heavy atom. The van der Waals surface area contributed by atoms with Gasteiger partial charge in [0.15, 0.2) is 5.82 Å². The molecule has 142 valence electrons. The van der Waals surface area contributed by atoms with Gasteiger partial charge in [0.25, 0.3) is 11.8 Å². The molecule has 0 atom stereocenters. The van der Waals surface area contributed by atoms with E-state index in [0.717, 1.165) is 22.2 Å². The molecule has 0 unspecified atom stereocenters. The molecule has 0 saturated carbocycles. The minimum Gasteiger partial charge on any atom is -0.351 e. The number of fused-ring (bicyclic) bond motifs is 1. The van der Waals surface area contributed by atoms with Gasteiger partial charge in [0.2, 0.25) is 0 Å². The molecule has 0 aliphatic rings. The Morgan fingerprint density at radius 1 is 1.07 bits per heavy atom. The number of hydrogen-bond donors (Lipinski definition) is 1. The zero-order chi connectivity index (χ0) is 19.7. The van der Waals surface area contributed by atoms with E-state index < -0.39 is 0 Å². The van der Waals surface area contributed by atoms with E-state index in [0.29, 0.717) is 30.2 Å². The van der Waals surface area contributed by atoms with Gasteiger partial charge >= 0.3 is 0 Å². The first-order valence-electron chi connectivity index (χ1n) is 9.24. The SMILES string of the molecule is Cc1ccc(C(=O)N(C)CCc2noc(-c3cc4cc(C)ccc4[nH]3)n2)cc1. The molecule has 1 N–H and O–H groups in total. The molecule has 4 aromatic rings. The molecule has 1 amide bonds. The van der Waals surface area contributed by atoms with Gasteiger partial charge in [-0.2, -0.15) is 4.98 Å². The van der Waals surface area contributed by atoms with Crippen molar-refractivity contribution in [3.63, 3.8) is 0 Å². The first-order chi connectivity index (χ1) is 13.5. The Labute approximate surface area is 163 Å². The second-order valence-corrected chi connectivity index (χ2v) is 7.13. The lowest BCUT2D eigenvalue weighted by Crippen LogP contribution is -2.29. The number of likely N-dealkylation sites (N-methyl/N-ethyl adjacent to an activating group) is 1. The summed E-state index contributed by atoms with van der Waals surface area (Å²) in [6.45, 7) is 4.57. The molecule has 2 heterocycles. The fraction of sp³-hybridized carbons (Fsp3) is 0.227. The highest BCUT2D eigenvalue weighted by atomic mass is 16.5. The molecule has 4 rings (SSSR count). The van der Waals surface area contributed by atoms with Gasteiger partial charge in [-0.25, -0.2) is 0 Å². The lowest BCUT2D eigenvalue weighted by molar-refractivity contribution is 0.0796. The first kappa shape index (κ1) is 18.0. The monoisotopic (exact) mass is 374 g/mol. The van der Waals surface area contributed by atoms with Crippen LogP contribution in [-0.4, -0.2) is 39.5 Å². The van der Waals surface area contributed by atoms with Gasteiger partial charge in [-0.1, -0.05) is 34.5 Å². The van der Waals surface area contributed by atoms with Gasteiger partial charge in [0, 0.05) is 36.5 Å². The fourth-order valence-electron chi connectivity index (χ4n) is 3.12. The molecule has 0 radical (unpaired) electrons. The number of carbonyl (C=O) groups excluding carboxylic acids is 1. The topological polar surface area (TPSA) is 75.0 Å². The first-order valence-corrected chi connectivity index (χ1v) is 9.24. The van der Waals surface area contributed by atoms with Crippen molar-refractivity contribution < 1.29 is 9.32 Å². The summed E-state index contributed by atoms with van der Waals surface area (Å²) in [5, 5.41) is 5.16. The molecule has 0 bridgehead atoms. The minimum atomic E-state index is -0.0188. The van der Waals surface area contributed by atoms with E-state index in [2.05, 4.69) is 34.2 Å². The molecule has 0 fully saturated rings. The number of nitrogens with zero attached hydrogens (tertiary/aromatic N) is 3. The highest BCUT2D eigenvalue weighted by molar-refractivity contribution is 5.94. The highest BCUT2D eigenvalue weighted by Gasteiger charge is 2.15. The van der Waals surface area contributed by atoms with Crippen LogP contribution in [0.15, 0.2) is 53.1 Å². The number of hydrogen-bond acceptors (Lipinski definition) is 4. The van der Waals surface area contributed by atoms with Gasteiger partial charge in [0.1, 0.15) is 5.69 Å². The molecule has 0 aliphatic carbocycles. The number of aryl methyl sites for hydroxylation is 2. The zero-order valence-corrected chi connectivity index (χ0v) is 16.2. The van der Waals surface area contributed by atoms with Crippen LogP contribution in [0, 0.1) is 13.8 Å². The van der Waals surface area contributed by atoms with E-state index >= 15 is 0 Å². The van der Waals surface area contributed by atoms with Crippen molar-refractivity contribution in [2.45, 2.75) is 20.3 Å². The summed E-state index contributed by atoms with van der Waals surface area (Å²) in [6, 6.07) is 15.8. The van der Waals surface area contributed by atoms with Gasteiger partial charge in [-0.15, -0.1) is 0 Å². The molecule has 6 nitrogen and oxygen atoms in total. The lowest BCUT2D eigenvalue weighted by Gasteiger charge is -2.16. The van der Waals surface area contributed by atoms with Crippen LogP contribution >= 0.6 is 0 Å². The van der Waals surface area contributed by atoms with Gasteiger partial charge in [-0.3, -0.25) is 4.79 Å². The third-order valence-electron chi connectivity index (χ3n) is 4.79. The van der Waals surface area contributed by atoms with Crippen LogP contribution in [0.3, 0.4) is 0 Å². The summed E-state index contributed by atoms with van der Waals surface area (Å²) < 4.78 is 5.41. The average molecular weight is 374 g/mol. The molecule has 2 aromatic heterocycles. The van der Waals surface area contributed by atoms with Gasteiger partial charge < -0.3 is 14.4 Å². The van der Waals surface area contributed by atoms with Gasteiger partial charge in [-0.05, 0) is 44.2 Å². The maximum absolute atomic E-state index is 12.5. The summed E-state index contributed by atoms with van der Waals surface area (Å²) in [7, 11) is 1.78. The van der Waals surface area contributed by atoms with E-state index in [1.54, 1.807) is 11.9 Å². The average Bonchev–Trinajstić information content (AvgIpc) is 3.32. The third kappa shape index (κ3) is 3.67. The van der Waals surface area contributed by atoms with Crippen LogP contribution in [0.2, 0.25) is 0 Å². The van der Waals surface area contributed by atoms with Crippen LogP contribution in [-0.2, 0) is 6.42 Å². The van der Waals surface area contributed by atoms with Crippen molar-refractivity contribution in [1.29, 1.82) is 0 Å². The Morgan fingerprint density at radius 2 is 1.82 bits per heavy atom. The van der Waals surface area contributed by atoms with Crippen molar-refractivity contribution in [1.82, 2.24) is 20.0 Å². The number of H-pyrrole nitrogens is 1. The second kappa shape index (κ2) is 7.31. The Balaban J connectivity index is 1.42. The minimum absolute atomic E-state index is 0.0188. The quantitative estimate of drug-likeness (QED) is 0.569. The molecule has 2 aromatic carbocycles. The summed E-state index contributed by atoms with van der Waals surface area (Å²) in [5.41, 5.74) is 4.83. The second-order valence-electron chi connectivity index (χ2n) is 7.13. The van der Waals surface area contributed by atoms with Crippen LogP contribution in [0.1, 0.15) is 27.3 Å². The van der Waals surface area contributed by atoms with Crippen molar-refractivity contribution in [3.05, 3.63) is 71.0 Å². The van der Waals surface area contributed by atoms with Crippen LogP contribution in [0.4, 0.5) is 0 Å². The largest absolute Gasteiger partial charge is 0.351 e. The number of aromatic amines is 1. The van der Waals surface area contributed by atoms with Crippen molar-refractivity contribution in [3.8, 4) is 11.6 Å². The van der Waals surface area contributed by atoms with E-state index in [4.69, 9.17) is 4.52 Å². The predicted molar refractivity (Wildman–Crippen MR) is 108 cm³/mol. The number of amides is 1. The van der Waals surface area contributed by atoms with Crippen molar-refractivity contribution >= 4 is 16.8 Å². The van der Waals surface area contributed by atoms with E-state index in [-0.39, 0.29) is 5.91 Å². The molecule has 0 spiro atoms. The molecule has 6 heteroatoms. The summed E-state index contributed by atoms with van der Waals surface area (Å²) in [5.74, 6) is 1.01.